The van der Waals surface area contributed by atoms with Crippen molar-refractivity contribution in [3.05, 3.63) is 71.8 Å². The van der Waals surface area contributed by atoms with Crippen molar-refractivity contribution >= 4 is 11.9 Å². The summed E-state index contributed by atoms with van der Waals surface area (Å²) in [6.07, 6.45) is -3.59. The van der Waals surface area contributed by atoms with Crippen LogP contribution in [0.4, 0.5) is 4.39 Å². The average Bonchev–Trinajstić information content (AvgIpc) is 2.96. The zero-order chi connectivity index (χ0) is 20.1. The van der Waals surface area contributed by atoms with Gasteiger partial charge < -0.3 is 18.9 Å². The number of methoxy groups -OCH3 is 1. The summed E-state index contributed by atoms with van der Waals surface area (Å²) in [5.74, 6) is -1.28. The molecular formula is C21H21FO6. The Bertz CT molecular complexity index is 808. The molecule has 0 spiro atoms. The number of carbonyl (C=O) groups excluding carboxylic acids is 2. The summed E-state index contributed by atoms with van der Waals surface area (Å²) in [5, 5.41) is 0. The van der Waals surface area contributed by atoms with Crippen molar-refractivity contribution in [1.29, 1.82) is 0 Å². The molecule has 148 valence electrons. The molecule has 0 amide bonds. The molecule has 28 heavy (non-hydrogen) atoms. The van der Waals surface area contributed by atoms with Crippen molar-refractivity contribution in [2.75, 3.05) is 13.7 Å². The van der Waals surface area contributed by atoms with Gasteiger partial charge in [0.1, 0.15) is 12.7 Å². The second kappa shape index (κ2) is 8.50. The molecule has 0 N–H and O–H groups in total. The number of halogens is 1. The van der Waals surface area contributed by atoms with Crippen molar-refractivity contribution in [3.63, 3.8) is 0 Å². The van der Waals surface area contributed by atoms with Crippen LogP contribution in [0.3, 0.4) is 0 Å². The number of alkyl halides is 1. The van der Waals surface area contributed by atoms with Crippen molar-refractivity contribution < 1.29 is 32.9 Å². The SMILES string of the molecule is CO[C@@H]1O[C@H](COC(=O)c2ccccc2)C(OC(=O)c2ccccc2)[C@@]1(C)F. The van der Waals surface area contributed by atoms with E-state index in [1.807, 2.05) is 0 Å². The molecule has 2 aromatic carbocycles. The van der Waals surface area contributed by atoms with Gasteiger partial charge in [0.2, 0.25) is 0 Å². The molecule has 0 aromatic heterocycles. The van der Waals surface area contributed by atoms with Gasteiger partial charge in [-0.25, -0.2) is 14.0 Å². The van der Waals surface area contributed by atoms with Crippen LogP contribution in [0.1, 0.15) is 27.6 Å². The van der Waals surface area contributed by atoms with E-state index in [2.05, 4.69) is 0 Å². The third kappa shape index (κ3) is 4.21. The molecule has 0 bridgehead atoms. The van der Waals surface area contributed by atoms with Gasteiger partial charge >= 0.3 is 11.9 Å². The Hall–Kier alpha value is -2.77. The molecule has 0 saturated carbocycles. The van der Waals surface area contributed by atoms with Crippen LogP contribution < -0.4 is 0 Å². The fourth-order valence-corrected chi connectivity index (χ4v) is 3.04. The normalized spacial score (nSPS) is 26.6. The highest BCUT2D eigenvalue weighted by Crippen LogP contribution is 2.37. The van der Waals surface area contributed by atoms with Crippen LogP contribution in [0.2, 0.25) is 0 Å². The predicted molar refractivity (Wildman–Crippen MR) is 97.6 cm³/mol. The molecule has 2 aromatic rings. The first-order chi connectivity index (χ1) is 13.4. The number of benzene rings is 2. The monoisotopic (exact) mass is 388 g/mol. The summed E-state index contributed by atoms with van der Waals surface area (Å²) < 4.78 is 36.4. The van der Waals surface area contributed by atoms with Gasteiger partial charge in [-0.3, -0.25) is 0 Å². The second-order valence-electron chi connectivity index (χ2n) is 6.55. The van der Waals surface area contributed by atoms with Gasteiger partial charge in [0.05, 0.1) is 11.1 Å². The first-order valence-corrected chi connectivity index (χ1v) is 8.79. The largest absolute Gasteiger partial charge is 0.459 e. The Morgan fingerprint density at radius 3 is 2.07 bits per heavy atom. The summed E-state index contributed by atoms with van der Waals surface area (Å²) in [4.78, 5) is 24.5. The molecule has 1 fully saturated rings. The minimum Gasteiger partial charge on any atom is -0.459 e. The van der Waals surface area contributed by atoms with Crippen molar-refractivity contribution in [3.8, 4) is 0 Å². The predicted octanol–water partition coefficient (Wildman–Crippen LogP) is 3.17. The molecule has 4 atom stereocenters. The lowest BCUT2D eigenvalue weighted by atomic mass is 9.99. The van der Waals surface area contributed by atoms with E-state index >= 15 is 4.39 Å². The van der Waals surface area contributed by atoms with Crippen LogP contribution in [0.15, 0.2) is 60.7 Å². The lowest BCUT2D eigenvalue weighted by Gasteiger charge is -2.26. The highest BCUT2D eigenvalue weighted by molar-refractivity contribution is 5.90. The molecular weight excluding hydrogens is 367 g/mol. The highest BCUT2D eigenvalue weighted by atomic mass is 19.1. The van der Waals surface area contributed by atoms with Crippen molar-refractivity contribution in [1.82, 2.24) is 0 Å². The zero-order valence-corrected chi connectivity index (χ0v) is 15.5. The van der Waals surface area contributed by atoms with E-state index in [1.54, 1.807) is 60.7 Å². The number of esters is 2. The molecule has 0 aliphatic carbocycles. The quantitative estimate of drug-likeness (QED) is 0.708. The van der Waals surface area contributed by atoms with Gasteiger partial charge in [0.25, 0.3) is 0 Å². The molecule has 3 rings (SSSR count). The number of ether oxygens (including phenoxy) is 4. The maximum Gasteiger partial charge on any atom is 0.338 e. The Morgan fingerprint density at radius 2 is 1.54 bits per heavy atom. The van der Waals surface area contributed by atoms with E-state index in [9.17, 15) is 9.59 Å². The third-order valence-corrected chi connectivity index (χ3v) is 4.50. The van der Waals surface area contributed by atoms with Gasteiger partial charge in [-0.05, 0) is 31.2 Å². The number of hydrogen-bond donors (Lipinski definition) is 0. The summed E-state index contributed by atoms with van der Waals surface area (Å²) in [5.41, 5.74) is -1.49. The first kappa shape index (κ1) is 20.0. The second-order valence-corrected chi connectivity index (χ2v) is 6.55. The Kier molecular flexibility index (Phi) is 6.06. The van der Waals surface area contributed by atoms with Gasteiger partial charge in [-0.15, -0.1) is 0 Å². The third-order valence-electron chi connectivity index (χ3n) is 4.50. The Balaban J connectivity index is 1.72. The number of hydrogen-bond acceptors (Lipinski definition) is 6. The highest BCUT2D eigenvalue weighted by Gasteiger charge is 2.58. The molecule has 0 radical (unpaired) electrons. The van der Waals surface area contributed by atoms with Gasteiger partial charge in [-0.2, -0.15) is 0 Å². The first-order valence-electron chi connectivity index (χ1n) is 8.79. The molecule has 1 aliphatic rings. The van der Waals surface area contributed by atoms with E-state index in [0.717, 1.165) is 0 Å². The summed E-state index contributed by atoms with van der Waals surface area (Å²) in [6.45, 7) is 0.933. The van der Waals surface area contributed by atoms with Crippen LogP contribution >= 0.6 is 0 Å². The van der Waals surface area contributed by atoms with Crippen LogP contribution in [-0.4, -0.2) is 49.8 Å². The van der Waals surface area contributed by atoms with E-state index < -0.39 is 36.1 Å². The van der Waals surface area contributed by atoms with Crippen LogP contribution in [0.25, 0.3) is 0 Å². The number of rotatable bonds is 6. The van der Waals surface area contributed by atoms with E-state index in [1.165, 1.54) is 14.0 Å². The molecule has 6 nitrogen and oxygen atoms in total. The van der Waals surface area contributed by atoms with Gasteiger partial charge in [0.15, 0.2) is 18.1 Å². The molecule has 1 unspecified atom stereocenters. The van der Waals surface area contributed by atoms with Crippen molar-refractivity contribution in [2.45, 2.75) is 31.1 Å². The van der Waals surface area contributed by atoms with Gasteiger partial charge in [-0.1, -0.05) is 36.4 Å². The minimum absolute atomic E-state index is 0.277. The summed E-state index contributed by atoms with van der Waals surface area (Å²) in [6, 6.07) is 16.6. The lowest BCUT2D eigenvalue weighted by molar-refractivity contribution is -0.164. The molecule has 1 heterocycles. The molecule has 7 heteroatoms. The fourth-order valence-electron chi connectivity index (χ4n) is 3.04. The fraction of sp³-hybridized carbons (Fsp3) is 0.333. The zero-order valence-electron chi connectivity index (χ0n) is 15.5. The van der Waals surface area contributed by atoms with E-state index in [0.29, 0.717) is 5.56 Å². The Labute approximate surface area is 162 Å². The maximum atomic E-state index is 15.2. The summed E-state index contributed by atoms with van der Waals surface area (Å²) in [7, 11) is 1.29. The smallest absolute Gasteiger partial charge is 0.338 e. The molecule has 1 aliphatic heterocycles. The van der Waals surface area contributed by atoms with E-state index in [-0.39, 0.29) is 12.2 Å². The average molecular weight is 388 g/mol. The van der Waals surface area contributed by atoms with Crippen LogP contribution in [0, 0.1) is 0 Å². The maximum absolute atomic E-state index is 15.2. The van der Waals surface area contributed by atoms with Crippen LogP contribution in [0.5, 0.6) is 0 Å². The number of carbonyl (C=O) groups is 2. The van der Waals surface area contributed by atoms with Crippen LogP contribution in [-0.2, 0) is 18.9 Å². The minimum atomic E-state index is -2.12. The topological polar surface area (TPSA) is 71.1 Å². The Morgan fingerprint density at radius 1 is 1.00 bits per heavy atom. The van der Waals surface area contributed by atoms with Crippen molar-refractivity contribution in [2.24, 2.45) is 0 Å². The summed E-state index contributed by atoms with van der Waals surface area (Å²) >= 11 is 0. The van der Waals surface area contributed by atoms with E-state index in [4.69, 9.17) is 18.9 Å². The standard InChI is InChI=1S/C21H21FO6/c1-21(22)17(28-19(24)15-11-7-4-8-12-15)16(27-20(21)25-2)13-26-18(23)14-9-5-3-6-10-14/h3-12,16-17,20H,13H2,1-2H3/t16-,17?,20-,21-/m1/s1. The van der Waals surface area contributed by atoms with Gasteiger partial charge in [0, 0.05) is 7.11 Å². The lowest BCUT2D eigenvalue weighted by Crippen LogP contribution is -2.45. The molecule has 1 saturated heterocycles.